The molecule has 3 heterocycles. The number of amides is 1. The Morgan fingerprint density at radius 1 is 1.04 bits per heavy atom. The summed E-state index contributed by atoms with van der Waals surface area (Å²) in [7, 11) is 0. The van der Waals surface area contributed by atoms with Crippen molar-refractivity contribution in [2.24, 2.45) is 0 Å². The molecule has 2 saturated heterocycles. The summed E-state index contributed by atoms with van der Waals surface area (Å²) < 4.78 is 5.53. The van der Waals surface area contributed by atoms with Crippen LogP contribution in [-0.2, 0) is 4.79 Å². The van der Waals surface area contributed by atoms with Gasteiger partial charge in [0.15, 0.2) is 0 Å². The molecule has 7 nitrogen and oxygen atoms in total. The lowest BCUT2D eigenvalue weighted by Crippen LogP contribution is -2.51. The second kappa shape index (κ2) is 8.84. The van der Waals surface area contributed by atoms with E-state index in [1.165, 1.54) is 6.42 Å². The minimum Gasteiger partial charge on any atom is -0.342 e. The van der Waals surface area contributed by atoms with E-state index in [0.29, 0.717) is 18.3 Å². The van der Waals surface area contributed by atoms with Gasteiger partial charge in [-0.05, 0) is 26.2 Å². The molecule has 1 aromatic carbocycles. The lowest BCUT2D eigenvalue weighted by atomic mass is 10.1. The number of piperidine rings is 1. The maximum Gasteiger partial charge on any atom is 0.244 e. The minimum atomic E-state index is 0.0740. The maximum atomic E-state index is 12.5. The van der Waals surface area contributed by atoms with Crippen LogP contribution >= 0.6 is 0 Å². The molecular weight excluding hydrogens is 354 g/mol. The Morgan fingerprint density at radius 3 is 2.46 bits per heavy atom. The van der Waals surface area contributed by atoms with Crippen molar-refractivity contribution in [3.8, 4) is 11.4 Å². The monoisotopic (exact) mass is 383 g/mol. The molecule has 2 aromatic rings. The molecule has 0 spiro atoms. The van der Waals surface area contributed by atoms with E-state index >= 15 is 0 Å². The molecule has 0 radical (unpaired) electrons. The van der Waals surface area contributed by atoms with Crippen LogP contribution in [0, 0.1) is 0 Å². The zero-order valence-corrected chi connectivity index (χ0v) is 16.6. The van der Waals surface area contributed by atoms with Gasteiger partial charge in [0, 0.05) is 44.8 Å². The highest BCUT2D eigenvalue weighted by atomic mass is 16.5. The topological polar surface area (TPSA) is 65.7 Å². The zero-order valence-electron chi connectivity index (χ0n) is 16.6. The third-order valence-electron chi connectivity index (χ3n) is 5.85. The third kappa shape index (κ3) is 4.42. The normalized spacial score (nSPS) is 20.2. The molecule has 0 bridgehead atoms. The Kier molecular flexibility index (Phi) is 6.02. The number of benzene rings is 1. The summed E-state index contributed by atoms with van der Waals surface area (Å²) in [6.07, 6.45) is 3.54. The Labute approximate surface area is 166 Å². The van der Waals surface area contributed by atoms with Gasteiger partial charge in [-0.2, -0.15) is 4.98 Å². The number of nitrogens with zero attached hydrogens (tertiary/aromatic N) is 5. The van der Waals surface area contributed by atoms with E-state index in [9.17, 15) is 4.79 Å². The molecule has 4 rings (SSSR count). The first-order valence-electron chi connectivity index (χ1n) is 10.3. The van der Waals surface area contributed by atoms with E-state index in [0.717, 1.165) is 57.7 Å². The molecule has 0 N–H and O–H groups in total. The summed E-state index contributed by atoms with van der Waals surface area (Å²) in [5.41, 5.74) is 0.964. The van der Waals surface area contributed by atoms with Gasteiger partial charge in [-0.3, -0.25) is 14.6 Å². The van der Waals surface area contributed by atoms with Crippen molar-refractivity contribution in [2.45, 2.75) is 32.2 Å². The zero-order chi connectivity index (χ0) is 19.3. The van der Waals surface area contributed by atoms with Crippen molar-refractivity contribution in [1.82, 2.24) is 24.8 Å². The van der Waals surface area contributed by atoms with E-state index < -0.39 is 0 Å². The summed E-state index contributed by atoms with van der Waals surface area (Å²) in [5.74, 6) is 1.57. The first-order chi connectivity index (χ1) is 13.7. The van der Waals surface area contributed by atoms with Crippen molar-refractivity contribution in [2.75, 3.05) is 45.8 Å². The van der Waals surface area contributed by atoms with Crippen LogP contribution in [0.5, 0.6) is 0 Å². The molecule has 1 aromatic heterocycles. The van der Waals surface area contributed by atoms with E-state index in [4.69, 9.17) is 4.52 Å². The van der Waals surface area contributed by atoms with Crippen LogP contribution in [0.1, 0.15) is 38.1 Å². The Bertz CT molecular complexity index is 764. The number of aromatic nitrogens is 2. The fraction of sp³-hybridized carbons (Fsp3) is 0.571. The standard InChI is InChI=1S/C21H29N5O2/c1-17(21-22-20(23-28-21)18-8-4-2-5-9-18)25-14-12-24(13-15-25)16-19(27)26-10-6-3-7-11-26/h2,4-5,8-9,17H,3,6-7,10-16H2,1H3. The third-order valence-corrected chi connectivity index (χ3v) is 5.85. The number of likely N-dealkylation sites (tertiary alicyclic amines) is 1. The van der Waals surface area contributed by atoms with Crippen LogP contribution in [-0.4, -0.2) is 76.6 Å². The fourth-order valence-electron chi connectivity index (χ4n) is 4.01. The van der Waals surface area contributed by atoms with Crippen LogP contribution in [0.2, 0.25) is 0 Å². The first kappa shape index (κ1) is 19.1. The SMILES string of the molecule is CC(c1nc(-c2ccccc2)no1)N1CCN(CC(=O)N2CCCCC2)CC1. The van der Waals surface area contributed by atoms with Crippen molar-refractivity contribution in [3.63, 3.8) is 0 Å². The molecule has 2 aliphatic rings. The number of piperazine rings is 1. The number of hydrogen-bond acceptors (Lipinski definition) is 6. The van der Waals surface area contributed by atoms with Crippen LogP contribution in [0.15, 0.2) is 34.9 Å². The number of hydrogen-bond donors (Lipinski definition) is 0. The van der Waals surface area contributed by atoms with Crippen LogP contribution < -0.4 is 0 Å². The Hall–Kier alpha value is -2.25. The molecule has 2 aliphatic heterocycles. The largest absolute Gasteiger partial charge is 0.342 e. The van der Waals surface area contributed by atoms with Gasteiger partial charge in [0.25, 0.3) is 0 Å². The van der Waals surface area contributed by atoms with Crippen LogP contribution in [0.3, 0.4) is 0 Å². The van der Waals surface area contributed by atoms with Crippen LogP contribution in [0.4, 0.5) is 0 Å². The highest BCUT2D eigenvalue weighted by molar-refractivity contribution is 5.78. The van der Waals surface area contributed by atoms with E-state index in [2.05, 4.69) is 26.9 Å². The van der Waals surface area contributed by atoms with Gasteiger partial charge in [0.2, 0.25) is 17.6 Å². The second-order valence-corrected chi connectivity index (χ2v) is 7.75. The van der Waals surface area contributed by atoms with Crippen molar-refractivity contribution in [1.29, 1.82) is 0 Å². The average Bonchev–Trinajstić information content (AvgIpc) is 3.25. The summed E-state index contributed by atoms with van der Waals surface area (Å²) in [6, 6.07) is 9.96. The predicted octanol–water partition coefficient (Wildman–Crippen LogP) is 2.43. The predicted molar refractivity (Wildman–Crippen MR) is 107 cm³/mol. The van der Waals surface area contributed by atoms with E-state index in [1.54, 1.807) is 0 Å². The number of carbonyl (C=O) groups excluding carboxylic acids is 1. The molecule has 0 saturated carbocycles. The molecule has 2 fully saturated rings. The highest BCUT2D eigenvalue weighted by Crippen LogP contribution is 2.23. The summed E-state index contributed by atoms with van der Waals surface area (Å²) in [4.78, 5) is 23.7. The number of rotatable bonds is 5. The number of carbonyl (C=O) groups is 1. The quantitative estimate of drug-likeness (QED) is 0.790. The maximum absolute atomic E-state index is 12.5. The van der Waals surface area contributed by atoms with E-state index in [1.807, 2.05) is 35.2 Å². The van der Waals surface area contributed by atoms with Crippen molar-refractivity contribution < 1.29 is 9.32 Å². The lowest BCUT2D eigenvalue weighted by molar-refractivity contribution is -0.133. The van der Waals surface area contributed by atoms with Crippen molar-refractivity contribution in [3.05, 3.63) is 36.2 Å². The summed E-state index contributed by atoms with van der Waals surface area (Å²) in [5, 5.41) is 4.14. The summed E-state index contributed by atoms with van der Waals surface area (Å²) in [6.45, 7) is 8.09. The first-order valence-corrected chi connectivity index (χ1v) is 10.3. The van der Waals surface area contributed by atoms with Gasteiger partial charge in [-0.25, -0.2) is 0 Å². The highest BCUT2D eigenvalue weighted by Gasteiger charge is 2.27. The Morgan fingerprint density at radius 2 is 1.75 bits per heavy atom. The molecule has 28 heavy (non-hydrogen) atoms. The molecule has 0 aliphatic carbocycles. The average molecular weight is 383 g/mol. The second-order valence-electron chi connectivity index (χ2n) is 7.75. The van der Waals surface area contributed by atoms with Gasteiger partial charge < -0.3 is 9.42 Å². The molecule has 7 heteroatoms. The van der Waals surface area contributed by atoms with E-state index in [-0.39, 0.29) is 11.9 Å². The van der Waals surface area contributed by atoms with Gasteiger partial charge in [0.1, 0.15) is 0 Å². The summed E-state index contributed by atoms with van der Waals surface area (Å²) >= 11 is 0. The van der Waals surface area contributed by atoms with Gasteiger partial charge in [0.05, 0.1) is 12.6 Å². The molecule has 150 valence electrons. The van der Waals surface area contributed by atoms with Gasteiger partial charge in [-0.1, -0.05) is 35.5 Å². The minimum absolute atomic E-state index is 0.0740. The van der Waals surface area contributed by atoms with Gasteiger partial charge >= 0.3 is 0 Å². The molecule has 1 amide bonds. The van der Waals surface area contributed by atoms with Gasteiger partial charge in [-0.15, -0.1) is 0 Å². The molecular formula is C21H29N5O2. The van der Waals surface area contributed by atoms with Crippen LogP contribution in [0.25, 0.3) is 11.4 Å². The molecule has 1 atom stereocenters. The smallest absolute Gasteiger partial charge is 0.244 e. The molecule has 1 unspecified atom stereocenters. The fourth-order valence-corrected chi connectivity index (χ4v) is 4.01. The lowest BCUT2D eigenvalue weighted by Gasteiger charge is -2.37. The Balaban J connectivity index is 1.29. The van der Waals surface area contributed by atoms with Crippen molar-refractivity contribution >= 4 is 5.91 Å².